The van der Waals surface area contributed by atoms with E-state index in [1.807, 2.05) is 0 Å². The Hall–Kier alpha value is -1.43. The second-order valence-electron chi connectivity index (χ2n) is 2.54. The van der Waals surface area contributed by atoms with Crippen LogP contribution in [0.25, 0.3) is 0 Å². The van der Waals surface area contributed by atoms with Gasteiger partial charge in [-0.1, -0.05) is 6.07 Å². The van der Waals surface area contributed by atoms with Crippen molar-refractivity contribution in [3.63, 3.8) is 0 Å². The van der Waals surface area contributed by atoms with Crippen molar-refractivity contribution < 1.29 is 13.2 Å². The topological polar surface area (TPSA) is 0 Å². The molecule has 1 rings (SSSR count). The molecule has 0 saturated heterocycles. The van der Waals surface area contributed by atoms with Gasteiger partial charge in [0.05, 0.1) is 0 Å². The van der Waals surface area contributed by atoms with E-state index in [1.165, 1.54) is 6.07 Å². The number of hydrogen-bond donors (Lipinski definition) is 0. The predicted octanol–water partition coefficient (Wildman–Crippen LogP) is 2.67. The largest absolute Gasteiger partial charge is 0.204 e. The van der Waals surface area contributed by atoms with Gasteiger partial charge in [0.2, 0.25) is 0 Å². The molecule has 0 saturated carbocycles. The van der Waals surface area contributed by atoms with Crippen LogP contribution in [-0.2, 0) is 6.42 Å². The first-order valence-corrected chi connectivity index (χ1v) is 3.72. The SMILES string of the molecule is C#CCCc1ccc(F)c(F)c1F. The molecule has 0 heterocycles. The van der Waals surface area contributed by atoms with E-state index in [0.29, 0.717) is 6.42 Å². The van der Waals surface area contributed by atoms with E-state index < -0.39 is 17.5 Å². The number of rotatable bonds is 2. The van der Waals surface area contributed by atoms with Gasteiger partial charge in [-0.05, 0) is 18.1 Å². The molecular formula is C10H7F3. The minimum atomic E-state index is -1.44. The van der Waals surface area contributed by atoms with Crippen LogP contribution in [0.4, 0.5) is 13.2 Å². The van der Waals surface area contributed by atoms with Crippen LogP contribution in [0.15, 0.2) is 12.1 Å². The summed E-state index contributed by atoms with van der Waals surface area (Å²) in [5, 5.41) is 0. The van der Waals surface area contributed by atoms with Crippen molar-refractivity contribution in [2.75, 3.05) is 0 Å². The normalized spacial score (nSPS) is 9.69. The van der Waals surface area contributed by atoms with Crippen LogP contribution in [0.3, 0.4) is 0 Å². The molecule has 3 heteroatoms. The zero-order valence-corrected chi connectivity index (χ0v) is 6.78. The maximum atomic E-state index is 12.9. The Labute approximate surface area is 74.4 Å². The molecular weight excluding hydrogens is 177 g/mol. The van der Waals surface area contributed by atoms with E-state index in [2.05, 4.69) is 5.92 Å². The number of halogens is 3. The Balaban J connectivity index is 2.98. The molecule has 0 atom stereocenters. The fourth-order valence-corrected chi connectivity index (χ4v) is 0.966. The summed E-state index contributed by atoms with van der Waals surface area (Å²) in [7, 11) is 0. The van der Waals surface area contributed by atoms with Crippen LogP contribution in [0, 0.1) is 29.8 Å². The molecule has 0 aromatic heterocycles. The fraction of sp³-hybridized carbons (Fsp3) is 0.200. The van der Waals surface area contributed by atoms with E-state index >= 15 is 0 Å². The van der Waals surface area contributed by atoms with Gasteiger partial charge < -0.3 is 0 Å². The number of benzene rings is 1. The van der Waals surface area contributed by atoms with Gasteiger partial charge in [-0.25, -0.2) is 13.2 Å². The van der Waals surface area contributed by atoms with Gasteiger partial charge >= 0.3 is 0 Å². The van der Waals surface area contributed by atoms with E-state index in [0.717, 1.165) is 6.07 Å². The molecule has 13 heavy (non-hydrogen) atoms. The van der Waals surface area contributed by atoms with E-state index in [9.17, 15) is 13.2 Å². The third kappa shape index (κ3) is 2.03. The molecule has 0 amide bonds. The van der Waals surface area contributed by atoms with Crippen LogP contribution in [0.5, 0.6) is 0 Å². The van der Waals surface area contributed by atoms with E-state index in [-0.39, 0.29) is 12.0 Å². The maximum absolute atomic E-state index is 12.9. The molecule has 0 spiro atoms. The van der Waals surface area contributed by atoms with Gasteiger partial charge in [0.25, 0.3) is 0 Å². The number of hydrogen-bond acceptors (Lipinski definition) is 0. The number of terminal acetylenes is 1. The Morgan fingerprint density at radius 2 is 1.85 bits per heavy atom. The summed E-state index contributed by atoms with van der Waals surface area (Å²) in [5.41, 5.74) is 0.108. The second-order valence-corrected chi connectivity index (χ2v) is 2.54. The van der Waals surface area contributed by atoms with Crippen molar-refractivity contribution in [3.05, 3.63) is 35.1 Å². The molecule has 1 aromatic rings. The van der Waals surface area contributed by atoms with E-state index in [4.69, 9.17) is 6.42 Å². The Morgan fingerprint density at radius 3 is 2.46 bits per heavy atom. The van der Waals surface area contributed by atoms with Gasteiger partial charge in [0.1, 0.15) is 0 Å². The first-order valence-electron chi connectivity index (χ1n) is 3.72. The molecule has 0 aliphatic heterocycles. The maximum Gasteiger partial charge on any atom is 0.194 e. The first-order chi connectivity index (χ1) is 6.16. The van der Waals surface area contributed by atoms with Crippen LogP contribution < -0.4 is 0 Å². The van der Waals surface area contributed by atoms with Crippen LogP contribution in [0.1, 0.15) is 12.0 Å². The molecule has 0 unspecified atom stereocenters. The van der Waals surface area contributed by atoms with Crippen molar-refractivity contribution in [2.24, 2.45) is 0 Å². The summed E-state index contributed by atoms with van der Waals surface area (Å²) in [6.45, 7) is 0. The molecule has 0 aliphatic rings. The zero-order chi connectivity index (χ0) is 9.84. The molecule has 0 aliphatic carbocycles. The van der Waals surface area contributed by atoms with Crippen molar-refractivity contribution >= 4 is 0 Å². The summed E-state index contributed by atoms with van der Waals surface area (Å²) in [6, 6.07) is 2.09. The third-order valence-electron chi connectivity index (χ3n) is 1.65. The van der Waals surface area contributed by atoms with Gasteiger partial charge in [-0.15, -0.1) is 12.3 Å². The predicted molar refractivity (Wildman–Crippen MR) is 43.5 cm³/mol. The Morgan fingerprint density at radius 1 is 1.15 bits per heavy atom. The summed E-state index contributed by atoms with van der Waals surface area (Å²) in [6.07, 6.45) is 5.48. The highest BCUT2D eigenvalue weighted by Crippen LogP contribution is 2.16. The molecule has 1 aromatic carbocycles. The lowest BCUT2D eigenvalue weighted by atomic mass is 10.1. The molecule has 0 fully saturated rings. The minimum Gasteiger partial charge on any atom is -0.204 e. The first kappa shape index (κ1) is 9.66. The van der Waals surface area contributed by atoms with Crippen molar-refractivity contribution in [1.29, 1.82) is 0 Å². The molecule has 0 bridgehead atoms. The van der Waals surface area contributed by atoms with Crippen LogP contribution in [0.2, 0.25) is 0 Å². The van der Waals surface area contributed by atoms with E-state index in [1.54, 1.807) is 0 Å². The lowest BCUT2D eigenvalue weighted by molar-refractivity contribution is 0.441. The molecule has 0 radical (unpaired) electrons. The quantitative estimate of drug-likeness (QED) is 0.489. The van der Waals surface area contributed by atoms with Crippen molar-refractivity contribution in [3.8, 4) is 12.3 Å². The summed E-state index contributed by atoms with van der Waals surface area (Å²) >= 11 is 0. The Bertz CT molecular complexity index is 350. The molecule has 0 N–H and O–H groups in total. The van der Waals surface area contributed by atoms with Crippen molar-refractivity contribution in [1.82, 2.24) is 0 Å². The fourth-order valence-electron chi connectivity index (χ4n) is 0.966. The average Bonchev–Trinajstić information content (AvgIpc) is 2.13. The van der Waals surface area contributed by atoms with Gasteiger partial charge in [-0.3, -0.25) is 0 Å². The van der Waals surface area contributed by atoms with Crippen LogP contribution in [-0.4, -0.2) is 0 Å². The minimum absolute atomic E-state index is 0.108. The monoisotopic (exact) mass is 184 g/mol. The summed E-state index contributed by atoms with van der Waals surface area (Å²) in [4.78, 5) is 0. The highest BCUT2D eigenvalue weighted by Gasteiger charge is 2.12. The highest BCUT2D eigenvalue weighted by atomic mass is 19.2. The molecule has 68 valence electrons. The lowest BCUT2D eigenvalue weighted by Gasteiger charge is -2.01. The highest BCUT2D eigenvalue weighted by molar-refractivity contribution is 5.21. The Kier molecular flexibility index (Phi) is 2.97. The zero-order valence-electron chi connectivity index (χ0n) is 6.78. The second kappa shape index (κ2) is 3.99. The molecule has 0 nitrogen and oxygen atoms in total. The average molecular weight is 184 g/mol. The standard InChI is InChI=1S/C10H7F3/c1-2-3-4-7-5-6-8(11)10(13)9(7)12/h1,5-6H,3-4H2. The van der Waals surface area contributed by atoms with Gasteiger partial charge in [0.15, 0.2) is 17.5 Å². The summed E-state index contributed by atoms with van der Waals surface area (Å²) in [5.74, 6) is -1.46. The number of aryl methyl sites for hydroxylation is 1. The van der Waals surface area contributed by atoms with Crippen molar-refractivity contribution in [2.45, 2.75) is 12.8 Å². The lowest BCUT2D eigenvalue weighted by Crippen LogP contribution is -1.97. The van der Waals surface area contributed by atoms with Gasteiger partial charge in [0, 0.05) is 6.42 Å². The smallest absolute Gasteiger partial charge is 0.194 e. The van der Waals surface area contributed by atoms with Gasteiger partial charge in [-0.2, -0.15) is 0 Å². The van der Waals surface area contributed by atoms with Crippen LogP contribution >= 0.6 is 0 Å². The summed E-state index contributed by atoms with van der Waals surface area (Å²) < 4.78 is 37.9. The third-order valence-corrected chi connectivity index (χ3v) is 1.65.